The number of carbonyl (C=O) groups excluding carboxylic acids is 1. The SMILES string of the molecule is CCNC(=NCc1ccc(C(N)=O)cc1)N(C)Cc1cccn1C.I. The molecule has 0 bridgehead atoms. The van der Waals surface area contributed by atoms with E-state index in [0.29, 0.717) is 12.1 Å². The smallest absolute Gasteiger partial charge is 0.248 e. The molecule has 3 N–H and O–H groups in total. The molecule has 0 fully saturated rings. The van der Waals surface area contributed by atoms with Crippen LogP contribution in [0.1, 0.15) is 28.5 Å². The molecule has 1 aromatic carbocycles. The average molecular weight is 455 g/mol. The number of halogens is 1. The van der Waals surface area contributed by atoms with E-state index in [-0.39, 0.29) is 24.0 Å². The number of guanidine groups is 1. The van der Waals surface area contributed by atoms with Crippen molar-refractivity contribution in [3.8, 4) is 0 Å². The molecule has 0 unspecified atom stereocenters. The number of rotatable bonds is 6. The van der Waals surface area contributed by atoms with E-state index in [2.05, 4.69) is 25.8 Å². The first-order valence-corrected chi connectivity index (χ1v) is 7.99. The number of aryl methyl sites for hydroxylation is 1. The van der Waals surface area contributed by atoms with E-state index < -0.39 is 5.91 Å². The minimum atomic E-state index is -0.416. The molecule has 2 rings (SSSR count). The van der Waals surface area contributed by atoms with Crippen molar-refractivity contribution in [2.24, 2.45) is 17.8 Å². The van der Waals surface area contributed by atoms with E-state index >= 15 is 0 Å². The maximum atomic E-state index is 11.1. The van der Waals surface area contributed by atoms with Crippen molar-refractivity contribution in [2.45, 2.75) is 20.0 Å². The summed E-state index contributed by atoms with van der Waals surface area (Å²) in [5, 5.41) is 3.31. The van der Waals surface area contributed by atoms with Gasteiger partial charge in [0.25, 0.3) is 0 Å². The van der Waals surface area contributed by atoms with Crippen LogP contribution in [0.15, 0.2) is 47.6 Å². The first-order chi connectivity index (χ1) is 11.5. The van der Waals surface area contributed by atoms with Gasteiger partial charge in [0.2, 0.25) is 5.91 Å². The maximum Gasteiger partial charge on any atom is 0.248 e. The van der Waals surface area contributed by atoms with Crippen molar-refractivity contribution < 1.29 is 4.79 Å². The summed E-state index contributed by atoms with van der Waals surface area (Å²) in [5.41, 5.74) is 8.01. The third-order valence-corrected chi connectivity index (χ3v) is 3.80. The first-order valence-electron chi connectivity index (χ1n) is 7.99. The Morgan fingerprint density at radius 1 is 1.28 bits per heavy atom. The second kappa shape index (κ2) is 10.1. The van der Waals surface area contributed by atoms with Gasteiger partial charge in [-0.25, -0.2) is 4.99 Å². The molecule has 0 saturated heterocycles. The van der Waals surface area contributed by atoms with E-state index in [1.807, 2.05) is 45.4 Å². The minimum Gasteiger partial charge on any atom is -0.366 e. The van der Waals surface area contributed by atoms with Gasteiger partial charge in [0.05, 0.1) is 13.1 Å². The van der Waals surface area contributed by atoms with Crippen LogP contribution in [-0.4, -0.2) is 34.9 Å². The highest BCUT2D eigenvalue weighted by Crippen LogP contribution is 2.07. The molecule has 0 aliphatic rings. The van der Waals surface area contributed by atoms with Gasteiger partial charge < -0.3 is 20.5 Å². The number of hydrogen-bond donors (Lipinski definition) is 2. The highest BCUT2D eigenvalue weighted by molar-refractivity contribution is 14.0. The number of hydrogen-bond acceptors (Lipinski definition) is 2. The normalized spacial score (nSPS) is 10.9. The molecule has 1 aromatic heterocycles. The standard InChI is InChI=1S/C18H25N5O.HI/c1-4-20-18(23(3)13-16-6-5-11-22(16)2)21-12-14-7-9-15(10-8-14)17(19)24;/h5-11H,4,12-13H2,1-3H3,(H2,19,24)(H,20,21);1H. The highest BCUT2D eigenvalue weighted by Gasteiger charge is 2.08. The topological polar surface area (TPSA) is 75.6 Å². The van der Waals surface area contributed by atoms with Crippen molar-refractivity contribution >= 4 is 35.8 Å². The molecular weight excluding hydrogens is 429 g/mol. The highest BCUT2D eigenvalue weighted by atomic mass is 127. The van der Waals surface area contributed by atoms with E-state index in [0.717, 1.165) is 24.6 Å². The number of carbonyl (C=O) groups is 1. The summed E-state index contributed by atoms with van der Waals surface area (Å²) in [6.07, 6.45) is 2.04. The van der Waals surface area contributed by atoms with Crippen LogP contribution in [-0.2, 0) is 20.1 Å². The zero-order valence-corrected chi connectivity index (χ0v) is 17.2. The number of nitrogens with one attached hydrogen (secondary N) is 1. The molecule has 136 valence electrons. The van der Waals surface area contributed by atoms with Crippen LogP contribution in [0.5, 0.6) is 0 Å². The summed E-state index contributed by atoms with van der Waals surface area (Å²) < 4.78 is 2.10. The van der Waals surface area contributed by atoms with Crippen LogP contribution in [0.3, 0.4) is 0 Å². The van der Waals surface area contributed by atoms with Gasteiger partial charge in [-0.15, -0.1) is 24.0 Å². The Balaban J connectivity index is 0.00000312. The molecular formula is C18H26IN5O. The van der Waals surface area contributed by atoms with Crippen LogP contribution in [0.2, 0.25) is 0 Å². The summed E-state index contributed by atoms with van der Waals surface area (Å²) in [6, 6.07) is 11.4. The van der Waals surface area contributed by atoms with E-state index in [1.165, 1.54) is 5.69 Å². The number of nitrogens with two attached hydrogens (primary N) is 1. The molecule has 1 heterocycles. The summed E-state index contributed by atoms with van der Waals surface area (Å²) >= 11 is 0. The Labute approximate surface area is 166 Å². The second-order valence-electron chi connectivity index (χ2n) is 5.70. The Morgan fingerprint density at radius 3 is 2.48 bits per heavy atom. The van der Waals surface area contributed by atoms with E-state index in [4.69, 9.17) is 5.73 Å². The van der Waals surface area contributed by atoms with Crippen LogP contribution in [0.25, 0.3) is 0 Å². The Bertz CT molecular complexity index is 709. The summed E-state index contributed by atoms with van der Waals surface area (Å²) in [6.45, 7) is 4.17. The quantitative estimate of drug-likeness (QED) is 0.399. The first kappa shape index (κ1) is 21.0. The Kier molecular flexibility index (Phi) is 8.47. The molecule has 1 amide bonds. The molecule has 0 saturated carbocycles. The van der Waals surface area contributed by atoms with Crippen molar-refractivity contribution in [1.29, 1.82) is 0 Å². The predicted molar refractivity (Wildman–Crippen MR) is 112 cm³/mol. The molecule has 25 heavy (non-hydrogen) atoms. The number of aromatic nitrogens is 1. The molecule has 0 aliphatic carbocycles. The predicted octanol–water partition coefficient (Wildman–Crippen LogP) is 2.34. The van der Waals surface area contributed by atoms with Gasteiger partial charge in [0.1, 0.15) is 0 Å². The van der Waals surface area contributed by atoms with Crippen LogP contribution in [0, 0.1) is 0 Å². The van der Waals surface area contributed by atoms with Gasteiger partial charge >= 0.3 is 0 Å². The monoisotopic (exact) mass is 455 g/mol. The number of primary amides is 1. The molecule has 2 aromatic rings. The molecule has 0 aliphatic heterocycles. The van der Waals surface area contributed by atoms with Crippen LogP contribution in [0.4, 0.5) is 0 Å². The van der Waals surface area contributed by atoms with Crippen molar-refractivity contribution in [2.75, 3.05) is 13.6 Å². The second-order valence-corrected chi connectivity index (χ2v) is 5.70. The summed E-state index contributed by atoms with van der Waals surface area (Å²) in [5.74, 6) is 0.429. The van der Waals surface area contributed by atoms with E-state index in [1.54, 1.807) is 12.1 Å². The van der Waals surface area contributed by atoms with Gasteiger partial charge in [-0.3, -0.25) is 4.79 Å². The molecule has 7 heteroatoms. The largest absolute Gasteiger partial charge is 0.366 e. The molecule has 0 radical (unpaired) electrons. The van der Waals surface area contributed by atoms with Gasteiger partial charge in [-0.05, 0) is 36.8 Å². The van der Waals surface area contributed by atoms with Gasteiger partial charge in [0, 0.05) is 38.1 Å². The minimum absolute atomic E-state index is 0. The molecule has 6 nitrogen and oxygen atoms in total. The van der Waals surface area contributed by atoms with Crippen LogP contribution >= 0.6 is 24.0 Å². The Hall–Kier alpha value is -2.03. The van der Waals surface area contributed by atoms with Crippen molar-refractivity contribution in [3.05, 3.63) is 59.4 Å². The molecule has 0 spiro atoms. The lowest BCUT2D eigenvalue weighted by Gasteiger charge is -2.22. The fraction of sp³-hybridized carbons (Fsp3) is 0.333. The summed E-state index contributed by atoms with van der Waals surface area (Å²) in [4.78, 5) is 17.9. The zero-order chi connectivity index (χ0) is 17.5. The third-order valence-electron chi connectivity index (χ3n) is 3.80. The van der Waals surface area contributed by atoms with Crippen LogP contribution < -0.4 is 11.1 Å². The lowest BCUT2D eigenvalue weighted by molar-refractivity contribution is 0.100. The maximum absolute atomic E-state index is 11.1. The lowest BCUT2D eigenvalue weighted by Crippen LogP contribution is -2.38. The number of benzene rings is 1. The number of amides is 1. The van der Waals surface area contributed by atoms with Gasteiger partial charge in [-0.2, -0.15) is 0 Å². The van der Waals surface area contributed by atoms with E-state index in [9.17, 15) is 4.79 Å². The Morgan fingerprint density at radius 2 is 1.96 bits per heavy atom. The van der Waals surface area contributed by atoms with Gasteiger partial charge in [-0.1, -0.05) is 12.1 Å². The lowest BCUT2D eigenvalue weighted by atomic mass is 10.1. The van der Waals surface area contributed by atoms with Crippen molar-refractivity contribution in [3.63, 3.8) is 0 Å². The summed E-state index contributed by atoms with van der Waals surface area (Å²) in [7, 11) is 4.05. The van der Waals surface area contributed by atoms with Crippen molar-refractivity contribution in [1.82, 2.24) is 14.8 Å². The fourth-order valence-corrected chi connectivity index (χ4v) is 2.39. The van der Waals surface area contributed by atoms with Gasteiger partial charge in [0.15, 0.2) is 5.96 Å². The number of aliphatic imine (C=N–C) groups is 1. The average Bonchev–Trinajstić information content (AvgIpc) is 2.96. The fourth-order valence-electron chi connectivity index (χ4n) is 2.39. The third kappa shape index (κ3) is 6.08. The zero-order valence-electron chi connectivity index (χ0n) is 14.9. The number of nitrogens with zero attached hydrogens (tertiary/aromatic N) is 3. The molecule has 0 atom stereocenters.